The van der Waals surface area contributed by atoms with Crippen molar-refractivity contribution in [3.8, 4) is 33.7 Å². The second kappa shape index (κ2) is 18.0. The Morgan fingerprint density at radius 3 is 1.95 bits per heavy atom. The van der Waals surface area contributed by atoms with E-state index in [0.29, 0.717) is 28.7 Å². The number of hydrogen-bond acceptors (Lipinski definition) is 7. The molecule has 13 heteroatoms. The number of amides is 1. The average molecular weight is 835 g/mol. The molecule has 0 spiro atoms. The molecule has 0 bridgehead atoms. The number of aromatic nitrogens is 1. The molecule has 2 heterocycles. The Hall–Kier alpha value is -6.12. The summed E-state index contributed by atoms with van der Waals surface area (Å²) in [5.41, 5.74) is 5.56. The number of benzene rings is 6. The van der Waals surface area contributed by atoms with Crippen molar-refractivity contribution in [2.45, 2.75) is 43.3 Å². The lowest BCUT2D eigenvalue weighted by atomic mass is 9.99. The summed E-state index contributed by atoms with van der Waals surface area (Å²) >= 11 is 1.46. The van der Waals surface area contributed by atoms with Crippen molar-refractivity contribution in [3.05, 3.63) is 190 Å². The van der Waals surface area contributed by atoms with Gasteiger partial charge in [-0.2, -0.15) is 0 Å². The minimum absolute atomic E-state index is 0.0782. The molecule has 1 amide bonds. The summed E-state index contributed by atoms with van der Waals surface area (Å²) in [6.07, 6.45) is -0.803. The second-order valence-corrected chi connectivity index (χ2v) is 15.0. The van der Waals surface area contributed by atoms with Gasteiger partial charge < -0.3 is 24.3 Å². The Bertz CT molecular complexity index is 2530. The highest BCUT2D eigenvalue weighted by Gasteiger charge is 2.33. The number of ether oxygens (including phenoxy) is 2. The van der Waals surface area contributed by atoms with Crippen molar-refractivity contribution in [3.63, 3.8) is 0 Å². The number of halogens is 5. The van der Waals surface area contributed by atoms with Gasteiger partial charge in [0.15, 0.2) is 35.3 Å². The van der Waals surface area contributed by atoms with E-state index >= 15 is 0 Å². The Morgan fingerprint density at radius 2 is 1.28 bits per heavy atom. The number of oxazole rings is 1. The van der Waals surface area contributed by atoms with Crippen LogP contribution in [0.25, 0.3) is 33.7 Å². The van der Waals surface area contributed by atoms with Crippen LogP contribution >= 0.6 is 11.8 Å². The molecule has 6 aromatic carbocycles. The summed E-state index contributed by atoms with van der Waals surface area (Å²) in [5.74, 6) is -11.4. The third-order valence-electron chi connectivity index (χ3n) is 10.0. The van der Waals surface area contributed by atoms with Crippen LogP contribution in [0.4, 0.5) is 22.0 Å². The SMILES string of the molecule is O=C(NCc1cccc(-c2ccc([C@@H]3O[C@H](CSc4nc(-c5ccccc5)c(-c5ccccc5)o4)C[C@H](c4ccc(CO)cc4)O3)cc2)c1)c1c(F)c(F)c(F)c(F)c1F. The first kappa shape index (κ1) is 40.7. The smallest absolute Gasteiger partial charge is 0.257 e. The molecule has 304 valence electrons. The molecule has 1 saturated heterocycles. The Kier molecular flexibility index (Phi) is 12.2. The number of rotatable bonds is 12. The van der Waals surface area contributed by atoms with Crippen LogP contribution in [0.3, 0.4) is 0 Å². The van der Waals surface area contributed by atoms with Crippen LogP contribution < -0.4 is 5.32 Å². The Morgan fingerprint density at radius 1 is 0.667 bits per heavy atom. The van der Waals surface area contributed by atoms with Gasteiger partial charge in [-0.25, -0.2) is 26.9 Å². The van der Waals surface area contributed by atoms with E-state index in [9.17, 15) is 31.9 Å². The van der Waals surface area contributed by atoms with Crippen LogP contribution in [0.1, 0.15) is 51.4 Å². The van der Waals surface area contributed by atoms with E-state index in [4.69, 9.17) is 18.9 Å². The molecule has 8 rings (SSSR count). The van der Waals surface area contributed by atoms with E-state index < -0.39 is 46.8 Å². The third-order valence-corrected chi connectivity index (χ3v) is 11.0. The fourth-order valence-electron chi connectivity index (χ4n) is 6.89. The highest BCUT2D eigenvalue weighted by Crippen LogP contribution is 2.41. The number of nitrogens with zero attached hydrogens (tertiary/aromatic N) is 1. The van der Waals surface area contributed by atoms with E-state index in [1.165, 1.54) is 11.8 Å². The lowest BCUT2D eigenvalue weighted by Gasteiger charge is -2.36. The molecular formula is C47H35F5N2O5S. The van der Waals surface area contributed by atoms with Gasteiger partial charge in [-0.3, -0.25) is 4.79 Å². The normalized spacial score (nSPS) is 16.5. The molecule has 0 saturated carbocycles. The van der Waals surface area contributed by atoms with Gasteiger partial charge in [0.2, 0.25) is 5.82 Å². The fraction of sp³-hybridized carbons (Fsp3) is 0.149. The number of hydrogen-bond donors (Lipinski definition) is 2. The van der Waals surface area contributed by atoms with Crippen molar-refractivity contribution in [2.75, 3.05) is 5.75 Å². The number of thioether (sulfide) groups is 1. The topological polar surface area (TPSA) is 93.8 Å². The first-order valence-electron chi connectivity index (χ1n) is 18.9. The van der Waals surface area contributed by atoms with Gasteiger partial charge in [0, 0.05) is 35.4 Å². The van der Waals surface area contributed by atoms with Crippen molar-refractivity contribution in [1.29, 1.82) is 0 Å². The maximum Gasteiger partial charge on any atom is 0.257 e. The highest BCUT2D eigenvalue weighted by atomic mass is 32.2. The minimum Gasteiger partial charge on any atom is -0.431 e. The van der Waals surface area contributed by atoms with Crippen LogP contribution in [0.15, 0.2) is 143 Å². The summed E-state index contributed by atoms with van der Waals surface area (Å²) in [4.78, 5) is 17.4. The Balaban J connectivity index is 0.991. The second-order valence-electron chi connectivity index (χ2n) is 14.0. The lowest BCUT2D eigenvalue weighted by molar-refractivity contribution is -0.245. The molecule has 0 radical (unpaired) electrons. The molecule has 7 nitrogen and oxygen atoms in total. The largest absolute Gasteiger partial charge is 0.431 e. The van der Waals surface area contributed by atoms with E-state index in [0.717, 1.165) is 44.6 Å². The molecule has 7 aromatic rings. The summed E-state index contributed by atoms with van der Waals surface area (Å²) in [7, 11) is 0. The van der Waals surface area contributed by atoms with Crippen molar-refractivity contribution >= 4 is 17.7 Å². The first-order chi connectivity index (χ1) is 29.2. The number of aliphatic hydroxyl groups is 1. The van der Waals surface area contributed by atoms with Gasteiger partial charge in [-0.15, -0.1) is 0 Å². The molecule has 2 N–H and O–H groups in total. The van der Waals surface area contributed by atoms with E-state index in [1.54, 1.807) is 18.2 Å². The standard InChI is InChI=1S/C47H35F5N2O5S/c48-38-37(39(49)41(51)42(52)40(38)50)45(56)53-24-28-8-7-13-34(22-28)29-18-20-33(21-19-29)46-57-35(23-36(58-46)30-16-14-27(25-55)15-17-30)26-60-47-54-43(31-9-3-1-4-10-31)44(59-47)32-11-5-2-6-12-32/h1-22,35-36,46,55H,23-26H2,(H,53,56)/t35-,36+,46+/m0/s1. The van der Waals surface area contributed by atoms with Crippen LogP contribution in [0.5, 0.6) is 0 Å². The van der Waals surface area contributed by atoms with Crippen LogP contribution in [0, 0.1) is 29.1 Å². The molecule has 1 aliphatic heterocycles. The molecule has 1 aromatic heterocycles. The summed E-state index contributed by atoms with van der Waals surface area (Å²) in [6, 6.07) is 41.7. The fourth-order valence-corrected chi connectivity index (χ4v) is 7.74. The summed E-state index contributed by atoms with van der Waals surface area (Å²) in [5, 5.41) is 12.4. The zero-order valence-corrected chi connectivity index (χ0v) is 32.4. The van der Waals surface area contributed by atoms with E-state index in [-0.39, 0.29) is 25.4 Å². The van der Waals surface area contributed by atoms with Crippen LogP contribution in [-0.2, 0) is 22.6 Å². The van der Waals surface area contributed by atoms with Crippen molar-refractivity contribution < 1.29 is 45.7 Å². The van der Waals surface area contributed by atoms with Gasteiger partial charge in [-0.1, -0.05) is 139 Å². The van der Waals surface area contributed by atoms with Gasteiger partial charge >= 0.3 is 0 Å². The van der Waals surface area contributed by atoms with Gasteiger partial charge in [0.1, 0.15) is 11.3 Å². The molecule has 3 atom stereocenters. The molecule has 0 unspecified atom stereocenters. The van der Waals surface area contributed by atoms with Crippen molar-refractivity contribution in [1.82, 2.24) is 10.3 Å². The van der Waals surface area contributed by atoms with Crippen molar-refractivity contribution in [2.24, 2.45) is 0 Å². The highest BCUT2D eigenvalue weighted by molar-refractivity contribution is 7.99. The predicted molar refractivity (Wildman–Crippen MR) is 216 cm³/mol. The van der Waals surface area contributed by atoms with Gasteiger partial charge in [0.25, 0.3) is 11.1 Å². The van der Waals surface area contributed by atoms with E-state index in [1.807, 2.05) is 115 Å². The number of aliphatic hydroxyl groups excluding tert-OH is 1. The van der Waals surface area contributed by atoms with Gasteiger partial charge in [0.05, 0.1) is 18.8 Å². The molecular weight excluding hydrogens is 800 g/mol. The monoisotopic (exact) mass is 834 g/mol. The molecule has 0 aliphatic carbocycles. The van der Waals surface area contributed by atoms with E-state index in [2.05, 4.69) is 5.32 Å². The average Bonchev–Trinajstić information content (AvgIpc) is 3.74. The summed E-state index contributed by atoms with van der Waals surface area (Å²) in [6.45, 7) is -0.325. The number of carbonyl (C=O) groups excluding carboxylic acids is 1. The quantitative estimate of drug-likeness (QED) is 0.0548. The number of carbonyl (C=O) groups is 1. The van der Waals surface area contributed by atoms with Crippen LogP contribution in [0.2, 0.25) is 0 Å². The number of nitrogens with one attached hydrogen (secondary N) is 1. The van der Waals surface area contributed by atoms with Gasteiger partial charge in [-0.05, 0) is 33.9 Å². The maximum absolute atomic E-state index is 14.2. The van der Waals surface area contributed by atoms with Crippen LogP contribution in [-0.4, -0.2) is 27.9 Å². The minimum atomic E-state index is -2.34. The summed E-state index contributed by atoms with van der Waals surface area (Å²) < 4.78 is 88.8. The maximum atomic E-state index is 14.2. The first-order valence-corrected chi connectivity index (χ1v) is 19.9. The zero-order valence-electron chi connectivity index (χ0n) is 31.6. The molecule has 1 fully saturated rings. The Labute approximate surface area is 345 Å². The predicted octanol–water partition coefficient (Wildman–Crippen LogP) is 11.1. The lowest BCUT2D eigenvalue weighted by Crippen LogP contribution is -2.31. The zero-order chi connectivity index (χ0) is 41.8. The molecule has 60 heavy (non-hydrogen) atoms. The molecule has 1 aliphatic rings. The third kappa shape index (κ3) is 8.75.